The van der Waals surface area contributed by atoms with Gasteiger partial charge in [0, 0.05) is 30.4 Å². The molecule has 1 fully saturated rings. The minimum Gasteiger partial charge on any atom is -0.393 e. The first-order valence-corrected chi connectivity index (χ1v) is 9.41. The van der Waals surface area contributed by atoms with Gasteiger partial charge in [0.2, 0.25) is 0 Å². The molecule has 1 N–H and O–H groups in total. The highest BCUT2D eigenvalue weighted by atomic mass is 32.1. The van der Waals surface area contributed by atoms with E-state index in [1.54, 1.807) is 11.3 Å². The molecule has 0 amide bonds. The van der Waals surface area contributed by atoms with Gasteiger partial charge in [-0.2, -0.15) is 9.61 Å². The molecule has 5 nitrogen and oxygen atoms in total. The summed E-state index contributed by atoms with van der Waals surface area (Å²) in [5, 5.41) is 16.8. The van der Waals surface area contributed by atoms with Crippen LogP contribution in [0.3, 0.4) is 0 Å². The fraction of sp³-hybridized carbons (Fsp3) is 0.444. The summed E-state index contributed by atoms with van der Waals surface area (Å²) < 4.78 is 2.00. The average Bonchev–Trinajstić information content (AvgIpc) is 3.23. The first-order chi connectivity index (χ1) is 11.7. The standard InChI is InChI=1S/C18H22N4OS/c1-3-14-12(2)19-17-11-15(16-5-4-10-24-16)20-22(17)18(14)21-8-6-13(23)7-9-21/h4-5,10-11,13,23H,3,6-9H2,1-2H3. The Labute approximate surface area is 145 Å². The largest absolute Gasteiger partial charge is 0.393 e. The number of aryl methyl sites for hydroxylation is 1. The second-order valence-corrected chi connectivity index (χ2v) is 7.30. The van der Waals surface area contributed by atoms with E-state index in [0.29, 0.717) is 0 Å². The number of aliphatic hydroxyl groups excluding tert-OH is 1. The molecule has 3 aromatic rings. The van der Waals surface area contributed by atoms with Crippen LogP contribution in [-0.4, -0.2) is 38.9 Å². The Morgan fingerprint density at radius 2 is 2.12 bits per heavy atom. The van der Waals surface area contributed by atoms with Crippen molar-refractivity contribution in [2.75, 3.05) is 18.0 Å². The number of aliphatic hydroxyl groups is 1. The second kappa shape index (κ2) is 6.18. The lowest BCUT2D eigenvalue weighted by molar-refractivity contribution is 0.145. The summed E-state index contributed by atoms with van der Waals surface area (Å²) in [7, 11) is 0. The maximum absolute atomic E-state index is 9.84. The van der Waals surface area contributed by atoms with E-state index in [1.807, 2.05) is 10.6 Å². The van der Waals surface area contributed by atoms with Crippen molar-refractivity contribution in [1.82, 2.24) is 14.6 Å². The van der Waals surface area contributed by atoms with Gasteiger partial charge in [0.25, 0.3) is 0 Å². The van der Waals surface area contributed by atoms with Crippen molar-refractivity contribution in [2.45, 2.75) is 39.2 Å². The van der Waals surface area contributed by atoms with Crippen molar-refractivity contribution in [3.05, 3.63) is 34.8 Å². The fourth-order valence-electron chi connectivity index (χ4n) is 3.50. The third kappa shape index (κ3) is 2.59. The fourth-order valence-corrected chi connectivity index (χ4v) is 4.18. The first-order valence-electron chi connectivity index (χ1n) is 8.53. The molecule has 0 atom stereocenters. The zero-order chi connectivity index (χ0) is 16.7. The monoisotopic (exact) mass is 342 g/mol. The Morgan fingerprint density at radius 1 is 1.33 bits per heavy atom. The molecule has 1 aliphatic heterocycles. The van der Waals surface area contributed by atoms with Crippen LogP contribution in [0, 0.1) is 6.92 Å². The van der Waals surface area contributed by atoms with Crippen molar-refractivity contribution in [3.63, 3.8) is 0 Å². The van der Waals surface area contributed by atoms with Crippen molar-refractivity contribution >= 4 is 22.8 Å². The van der Waals surface area contributed by atoms with Crippen LogP contribution in [0.4, 0.5) is 5.82 Å². The SMILES string of the molecule is CCc1c(C)nc2cc(-c3cccs3)nn2c1N1CCC(O)CC1. The highest BCUT2D eigenvalue weighted by Gasteiger charge is 2.24. The molecule has 0 saturated carbocycles. The molecule has 1 saturated heterocycles. The zero-order valence-corrected chi connectivity index (χ0v) is 14.9. The van der Waals surface area contributed by atoms with Crippen LogP contribution in [0.25, 0.3) is 16.2 Å². The third-order valence-corrected chi connectivity index (χ3v) is 5.66. The molecule has 0 bridgehead atoms. The molecule has 0 aliphatic carbocycles. The Hall–Kier alpha value is -1.92. The normalized spacial score (nSPS) is 16.2. The van der Waals surface area contributed by atoms with Gasteiger partial charge in [-0.3, -0.25) is 0 Å². The average molecular weight is 342 g/mol. The first kappa shape index (κ1) is 15.6. The van der Waals surface area contributed by atoms with Gasteiger partial charge in [-0.05, 0) is 37.6 Å². The van der Waals surface area contributed by atoms with Gasteiger partial charge in [-0.25, -0.2) is 4.98 Å². The van der Waals surface area contributed by atoms with E-state index in [2.05, 4.69) is 36.3 Å². The number of thiophene rings is 1. The van der Waals surface area contributed by atoms with Gasteiger partial charge >= 0.3 is 0 Å². The Balaban J connectivity index is 1.88. The van der Waals surface area contributed by atoms with Crippen LogP contribution < -0.4 is 4.90 Å². The van der Waals surface area contributed by atoms with Crippen molar-refractivity contribution in [2.24, 2.45) is 0 Å². The number of hydrogen-bond donors (Lipinski definition) is 1. The van der Waals surface area contributed by atoms with Crippen molar-refractivity contribution < 1.29 is 5.11 Å². The minimum absolute atomic E-state index is 0.177. The Morgan fingerprint density at radius 3 is 2.79 bits per heavy atom. The molecule has 6 heteroatoms. The van der Waals surface area contributed by atoms with Gasteiger partial charge in [0.15, 0.2) is 5.65 Å². The third-order valence-electron chi connectivity index (χ3n) is 4.77. The van der Waals surface area contributed by atoms with E-state index in [1.165, 1.54) is 5.56 Å². The van der Waals surface area contributed by atoms with Crippen LogP contribution in [0.1, 0.15) is 31.0 Å². The van der Waals surface area contributed by atoms with Crippen LogP contribution >= 0.6 is 11.3 Å². The number of piperidine rings is 1. The summed E-state index contributed by atoms with van der Waals surface area (Å²) in [6.45, 7) is 5.97. The molecule has 1 aliphatic rings. The number of anilines is 1. The summed E-state index contributed by atoms with van der Waals surface area (Å²) in [6.07, 6.45) is 2.37. The summed E-state index contributed by atoms with van der Waals surface area (Å²) in [5.74, 6) is 1.15. The smallest absolute Gasteiger partial charge is 0.158 e. The van der Waals surface area contributed by atoms with Crippen LogP contribution in [-0.2, 0) is 6.42 Å². The molecule has 126 valence electrons. The topological polar surface area (TPSA) is 53.7 Å². The molecular weight excluding hydrogens is 320 g/mol. The van der Waals surface area contributed by atoms with E-state index in [0.717, 1.165) is 60.1 Å². The van der Waals surface area contributed by atoms with Crippen LogP contribution in [0.2, 0.25) is 0 Å². The molecular formula is C18H22N4OS. The Bertz CT molecular complexity index is 848. The van der Waals surface area contributed by atoms with Gasteiger partial charge in [-0.15, -0.1) is 11.3 Å². The van der Waals surface area contributed by atoms with E-state index in [-0.39, 0.29) is 6.10 Å². The lowest BCUT2D eigenvalue weighted by Crippen LogP contribution is -2.37. The van der Waals surface area contributed by atoms with Crippen molar-refractivity contribution in [1.29, 1.82) is 0 Å². The lowest BCUT2D eigenvalue weighted by Gasteiger charge is -2.33. The number of fused-ring (bicyclic) bond motifs is 1. The van der Waals surface area contributed by atoms with Gasteiger partial charge in [0.1, 0.15) is 11.5 Å². The summed E-state index contributed by atoms with van der Waals surface area (Å²) in [5.41, 5.74) is 4.20. The second-order valence-electron chi connectivity index (χ2n) is 6.35. The molecule has 24 heavy (non-hydrogen) atoms. The highest BCUT2D eigenvalue weighted by molar-refractivity contribution is 7.13. The molecule has 3 aromatic heterocycles. The van der Waals surface area contributed by atoms with Crippen molar-refractivity contribution in [3.8, 4) is 10.6 Å². The number of aromatic nitrogens is 3. The molecule has 0 spiro atoms. The highest BCUT2D eigenvalue weighted by Crippen LogP contribution is 2.31. The maximum Gasteiger partial charge on any atom is 0.158 e. The molecule has 4 rings (SSSR count). The van der Waals surface area contributed by atoms with E-state index >= 15 is 0 Å². The molecule has 0 radical (unpaired) electrons. The minimum atomic E-state index is -0.177. The summed E-state index contributed by atoms with van der Waals surface area (Å²) in [6, 6.07) is 6.21. The predicted octanol–water partition coefficient (Wildman–Crippen LogP) is 3.29. The Kier molecular flexibility index (Phi) is 4.02. The number of nitrogens with zero attached hydrogens (tertiary/aromatic N) is 4. The lowest BCUT2D eigenvalue weighted by atomic mass is 10.1. The van der Waals surface area contributed by atoms with E-state index in [4.69, 9.17) is 10.1 Å². The molecule has 4 heterocycles. The van der Waals surface area contributed by atoms with Gasteiger partial charge < -0.3 is 10.0 Å². The van der Waals surface area contributed by atoms with Crippen LogP contribution in [0.5, 0.6) is 0 Å². The van der Waals surface area contributed by atoms with E-state index < -0.39 is 0 Å². The van der Waals surface area contributed by atoms with Gasteiger partial charge in [-0.1, -0.05) is 13.0 Å². The molecule has 0 unspecified atom stereocenters. The quantitative estimate of drug-likeness (QED) is 0.793. The van der Waals surface area contributed by atoms with Crippen LogP contribution in [0.15, 0.2) is 23.6 Å². The molecule has 0 aromatic carbocycles. The van der Waals surface area contributed by atoms with E-state index in [9.17, 15) is 5.11 Å². The van der Waals surface area contributed by atoms with Gasteiger partial charge in [0.05, 0.1) is 11.0 Å². The maximum atomic E-state index is 9.84. The summed E-state index contributed by atoms with van der Waals surface area (Å²) in [4.78, 5) is 8.30. The summed E-state index contributed by atoms with van der Waals surface area (Å²) >= 11 is 1.70. The zero-order valence-electron chi connectivity index (χ0n) is 14.1. The predicted molar refractivity (Wildman–Crippen MR) is 97.9 cm³/mol. The number of hydrogen-bond acceptors (Lipinski definition) is 5. The number of rotatable bonds is 3.